The molecule has 184 valence electrons. The van der Waals surface area contributed by atoms with E-state index in [9.17, 15) is 18.3 Å². The van der Waals surface area contributed by atoms with Crippen LogP contribution in [0.4, 0.5) is 5.69 Å². The van der Waals surface area contributed by atoms with Gasteiger partial charge in [-0.15, -0.1) is 0 Å². The lowest BCUT2D eigenvalue weighted by Crippen LogP contribution is -2.35. The van der Waals surface area contributed by atoms with E-state index in [0.717, 1.165) is 5.56 Å². The van der Waals surface area contributed by atoms with Crippen LogP contribution in [0.15, 0.2) is 65.6 Å². The van der Waals surface area contributed by atoms with Gasteiger partial charge in [-0.3, -0.25) is 9.52 Å². The van der Waals surface area contributed by atoms with E-state index < -0.39 is 22.0 Å². The second-order valence-corrected chi connectivity index (χ2v) is 9.82. The van der Waals surface area contributed by atoms with Gasteiger partial charge in [-0.2, -0.15) is 0 Å². The quantitative estimate of drug-likeness (QED) is 0.414. The minimum Gasteiger partial charge on any atom is -0.491 e. The van der Waals surface area contributed by atoms with Gasteiger partial charge in [0.15, 0.2) is 11.5 Å². The maximum Gasteiger partial charge on any atom is 0.261 e. The van der Waals surface area contributed by atoms with E-state index in [-0.39, 0.29) is 30.4 Å². The summed E-state index contributed by atoms with van der Waals surface area (Å²) in [5.41, 5.74) is 2.14. The van der Waals surface area contributed by atoms with E-state index >= 15 is 0 Å². The number of nitrogens with one attached hydrogen (secondary N) is 2. The zero-order chi connectivity index (χ0) is 25.0. The van der Waals surface area contributed by atoms with Crippen molar-refractivity contribution in [3.63, 3.8) is 0 Å². The van der Waals surface area contributed by atoms with Crippen molar-refractivity contribution in [2.24, 2.45) is 0 Å². The van der Waals surface area contributed by atoms with Gasteiger partial charge in [0.2, 0.25) is 6.79 Å². The number of amides is 1. The van der Waals surface area contributed by atoms with Crippen molar-refractivity contribution in [3.05, 3.63) is 77.4 Å². The Hall–Kier alpha value is -3.76. The van der Waals surface area contributed by atoms with Crippen LogP contribution in [0.1, 0.15) is 21.5 Å². The van der Waals surface area contributed by atoms with Crippen LogP contribution in [0.25, 0.3) is 0 Å². The van der Waals surface area contributed by atoms with Gasteiger partial charge in [0, 0.05) is 23.9 Å². The van der Waals surface area contributed by atoms with E-state index in [1.807, 2.05) is 13.0 Å². The molecule has 9 nitrogen and oxygen atoms in total. The van der Waals surface area contributed by atoms with Crippen LogP contribution in [-0.4, -0.2) is 45.5 Å². The number of rotatable bonds is 9. The Morgan fingerprint density at radius 2 is 1.86 bits per heavy atom. The Bertz CT molecular complexity index is 1340. The van der Waals surface area contributed by atoms with E-state index in [2.05, 4.69) is 10.0 Å². The molecule has 10 heteroatoms. The van der Waals surface area contributed by atoms with Crippen molar-refractivity contribution >= 4 is 21.6 Å². The first-order chi connectivity index (χ1) is 16.7. The largest absolute Gasteiger partial charge is 0.491 e. The summed E-state index contributed by atoms with van der Waals surface area (Å²) in [5, 5.41) is 12.9. The van der Waals surface area contributed by atoms with Gasteiger partial charge in [0.1, 0.15) is 18.5 Å². The number of anilines is 1. The van der Waals surface area contributed by atoms with Crippen molar-refractivity contribution in [1.82, 2.24) is 5.32 Å². The lowest BCUT2D eigenvalue weighted by atomic mass is 10.1. The molecular weight excluding hydrogens is 472 g/mol. The Morgan fingerprint density at radius 3 is 2.66 bits per heavy atom. The predicted octanol–water partition coefficient (Wildman–Crippen LogP) is 3.00. The third-order valence-electron chi connectivity index (χ3n) is 5.32. The number of hydrogen-bond acceptors (Lipinski definition) is 7. The van der Waals surface area contributed by atoms with Gasteiger partial charge in [-0.05, 0) is 61.4 Å². The molecule has 1 atom stereocenters. The fraction of sp³-hybridized carbons (Fsp3) is 0.240. The number of aliphatic hydroxyl groups excluding tert-OH is 1. The van der Waals surface area contributed by atoms with Crippen molar-refractivity contribution in [3.8, 4) is 17.2 Å². The second kappa shape index (κ2) is 10.2. The summed E-state index contributed by atoms with van der Waals surface area (Å²) in [6, 6.07) is 16.4. The van der Waals surface area contributed by atoms with Crippen LogP contribution in [0.5, 0.6) is 17.2 Å². The molecule has 1 heterocycles. The van der Waals surface area contributed by atoms with Crippen molar-refractivity contribution in [2.75, 3.05) is 24.7 Å². The van der Waals surface area contributed by atoms with Crippen LogP contribution >= 0.6 is 0 Å². The molecule has 4 rings (SSSR count). The van der Waals surface area contributed by atoms with Crippen LogP contribution in [0.3, 0.4) is 0 Å². The number of carbonyl (C=O) groups is 1. The minimum atomic E-state index is -3.90. The molecule has 0 fully saturated rings. The van der Waals surface area contributed by atoms with Crippen LogP contribution in [0, 0.1) is 13.8 Å². The smallest absolute Gasteiger partial charge is 0.261 e. The number of sulfonamides is 1. The highest BCUT2D eigenvalue weighted by atomic mass is 32.2. The maximum atomic E-state index is 12.8. The molecule has 0 aromatic heterocycles. The van der Waals surface area contributed by atoms with Gasteiger partial charge < -0.3 is 24.6 Å². The number of aliphatic hydroxyl groups is 1. The first-order valence-electron chi connectivity index (χ1n) is 10.9. The van der Waals surface area contributed by atoms with Crippen molar-refractivity contribution in [1.29, 1.82) is 0 Å². The summed E-state index contributed by atoms with van der Waals surface area (Å²) in [5.74, 6) is 1.18. The lowest BCUT2D eigenvalue weighted by molar-refractivity contribution is 0.0843. The third kappa shape index (κ3) is 6.03. The van der Waals surface area contributed by atoms with Gasteiger partial charge in [-0.1, -0.05) is 18.2 Å². The zero-order valence-electron chi connectivity index (χ0n) is 19.3. The summed E-state index contributed by atoms with van der Waals surface area (Å²) >= 11 is 0. The first-order valence-corrected chi connectivity index (χ1v) is 12.4. The van der Waals surface area contributed by atoms with Crippen molar-refractivity contribution in [2.45, 2.75) is 24.8 Å². The summed E-state index contributed by atoms with van der Waals surface area (Å²) < 4.78 is 44.3. The molecule has 0 aliphatic carbocycles. The van der Waals surface area contributed by atoms with Gasteiger partial charge in [-0.25, -0.2) is 8.42 Å². The van der Waals surface area contributed by atoms with Crippen molar-refractivity contribution < 1.29 is 32.5 Å². The number of hydrogen-bond donors (Lipinski definition) is 3. The molecular formula is C25H26N2O7S. The number of fused-ring (bicyclic) bond motifs is 1. The van der Waals surface area contributed by atoms with E-state index in [4.69, 9.17) is 14.2 Å². The van der Waals surface area contributed by atoms with Gasteiger partial charge >= 0.3 is 0 Å². The SMILES string of the molecule is Cc1cccc(NS(=O)(=O)c2ccc(C)c(C(=O)NCC(O)COc3ccc4c(c3)OCO4)c2)c1. The average Bonchev–Trinajstić information content (AvgIpc) is 3.29. The molecule has 1 unspecified atom stereocenters. The molecule has 35 heavy (non-hydrogen) atoms. The molecule has 0 saturated heterocycles. The molecule has 0 radical (unpaired) electrons. The van der Waals surface area contributed by atoms with E-state index in [1.54, 1.807) is 49.4 Å². The molecule has 3 aromatic carbocycles. The highest BCUT2D eigenvalue weighted by Gasteiger charge is 2.19. The van der Waals surface area contributed by atoms with E-state index in [0.29, 0.717) is 28.5 Å². The van der Waals surface area contributed by atoms with Gasteiger partial charge in [0.25, 0.3) is 15.9 Å². The van der Waals surface area contributed by atoms with Crippen LogP contribution in [-0.2, 0) is 10.0 Å². The summed E-state index contributed by atoms with van der Waals surface area (Å²) in [6.45, 7) is 3.57. The Morgan fingerprint density at radius 1 is 1.06 bits per heavy atom. The molecule has 0 bridgehead atoms. The normalized spacial score (nSPS) is 13.2. The summed E-state index contributed by atoms with van der Waals surface area (Å²) in [4.78, 5) is 12.7. The first kappa shape index (κ1) is 24.4. The third-order valence-corrected chi connectivity index (χ3v) is 6.70. The summed E-state index contributed by atoms with van der Waals surface area (Å²) in [7, 11) is -3.90. The molecule has 1 aliphatic rings. The predicted molar refractivity (Wildman–Crippen MR) is 130 cm³/mol. The lowest BCUT2D eigenvalue weighted by Gasteiger charge is -2.15. The molecule has 0 saturated carbocycles. The summed E-state index contributed by atoms with van der Waals surface area (Å²) in [6.07, 6.45) is -0.986. The van der Waals surface area contributed by atoms with Gasteiger partial charge in [0.05, 0.1) is 4.90 Å². The van der Waals surface area contributed by atoms with Crippen LogP contribution in [0.2, 0.25) is 0 Å². The fourth-order valence-corrected chi connectivity index (χ4v) is 4.53. The minimum absolute atomic E-state index is 0.0403. The molecule has 1 amide bonds. The fourth-order valence-electron chi connectivity index (χ4n) is 3.46. The molecule has 3 N–H and O–H groups in total. The van der Waals surface area contributed by atoms with Crippen LogP contribution < -0.4 is 24.2 Å². The average molecular weight is 499 g/mol. The Labute approximate surface area is 203 Å². The molecule has 1 aliphatic heterocycles. The molecule has 0 spiro atoms. The van der Waals surface area contributed by atoms with E-state index in [1.165, 1.54) is 12.1 Å². The Balaban J connectivity index is 1.36. The number of ether oxygens (including phenoxy) is 3. The molecule has 3 aromatic rings. The monoisotopic (exact) mass is 498 g/mol. The standard InChI is InChI=1S/C25H26N2O7S/c1-16-4-3-5-18(10-16)27-35(30,31)21-8-6-17(2)22(12-21)25(29)26-13-19(28)14-32-20-7-9-23-24(11-20)34-15-33-23/h3-12,19,27-28H,13-15H2,1-2H3,(H,26,29). The second-order valence-electron chi connectivity index (χ2n) is 8.14. The topological polar surface area (TPSA) is 123 Å². The zero-order valence-corrected chi connectivity index (χ0v) is 20.1. The highest BCUT2D eigenvalue weighted by Crippen LogP contribution is 2.35. The maximum absolute atomic E-state index is 12.8. The number of aryl methyl sites for hydroxylation is 2. The highest BCUT2D eigenvalue weighted by molar-refractivity contribution is 7.92. The number of carbonyl (C=O) groups excluding carboxylic acids is 1. The Kier molecular flexibility index (Phi) is 7.13. The number of benzene rings is 3.